The van der Waals surface area contributed by atoms with Crippen LogP contribution in [0.2, 0.25) is 7.25 Å². The van der Waals surface area contributed by atoms with Crippen LogP contribution in [0.3, 0.4) is 0 Å². The van der Waals surface area contributed by atoms with Crippen LogP contribution in [0.1, 0.15) is 94.9 Å². The van der Waals surface area contributed by atoms with Gasteiger partial charge in [0.1, 0.15) is 0 Å². The van der Waals surface area contributed by atoms with Crippen LogP contribution in [0.5, 0.6) is 0 Å². The van der Waals surface area contributed by atoms with Gasteiger partial charge in [-0.25, -0.2) is 0 Å². The van der Waals surface area contributed by atoms with Crippen molar-refractivity contribution in [3.63, 3.8) is 0 Å². The van der Waals surface area contributed by atoms with Crippen molar-refractivity contribution in [3.05, 3.63) is 93.2 Å². The Labute approximate surface area is 325 Å². The van der Waals surface area contributed by atoms with Crippen LogP contribution in [-0.4, -0.2) is 0 Å². The Hall–Kier alpha value is 0.846. The molecular formula is C38H56Cl4Zr2. The Bertz CT molecular complexity index is 1170. The molecule has 44 heavy (non-hydrogen) atoms. The van der Waals surface area contributed by atoms with Gasteiger partial charge in [0.15, 0.2) is 0 Å². The molecule has 0 aliphatic heterocycles. The van der Waals surface area contributed by atoms with E-state index in [1.165, 1.54) is 59.1 Å². The van der Waals surface area contributed by atoms with Crippen molar-refractivity contribution in [1.82, 2.24) is 0 Å². The molecule has 0 N–H and O–H groups in total. The zero-order chi connectivity index (χ0) is 29.6. The second kappa shape index (κ2) is 18.0. The Morgan fingerprint density at radius 3 is 1.02 bits per heavy atom. The molecule has 0 nitrogen and oxygen atoms in total. The zero-order valence-electron chi connectivity index (χ0n) is 28.5. The molecule has 0 aromatic heterocycles. The van der Waals surface area contributed by atoms with Gasteiger partial charge in [-0.3, -0.25) is 0 Å². The zero-order valence-corrected chi connectivity index (χ0v) is 36.7. The van der Waals surface area contributed by atoms with Gasteiger partial charge in [0.25, 0.3) is 0 Å². The number of allylic oxidation sites excluding steroid dienone is 16. The fraction of sp³-hybridized carbons (Fsp3) is 0.579. The summed E-state index contributed by atoms with van der Waals surface area (Å²) >= 11 is 3.47. The standard InChI is InChI=1S/C20H30.2C9H11.4ClH.2Zr/c1-11-13(3)17(19(7,8)15(11)5)18-14(4)12(2)16(6)20(18,9)10;2*1-2-5-9-7-3-6-8(9)4-1;;;;;;/h1-10H3;2*1-2,4-6,8-9H,3,7H2;4*1H;;. The summed E-state index contributed by atoms with van der Waals surface area (Å²) in [5.41, 5.74) is 12.5. The maximum atomic E-state index is 2.40. The van der Waals surface area contributed by atoms with Gasteiger partial charge in [-0.1, -0.05) is 38.8 Å². The summed E-state index contributed by atoms with van der Waals surface area (Å²) < 4.78 is 2.02. The van der Waals surface area contributed by atoms with Gasteiger partial charge in [0.2, 0.25) is 0 Å². The SMILES string of the molecule is CC1=C(C)C(C)(C)C(C2=C(C)C(C)=C(C)C2(C)C)=C1C.Cl.Cl.Cl.Cl.[Zr][CH]1CCC2C=CC=CC12.[Zr][CH]1CCC2C=CC=CC12. The van der Waals surface area contributed by atoms with E-state index in [2.05, 4.69) is 118 Å². The number of hydrogen-bond acceptors (Lipinski definition) is 0. The number of hydrogen-bond donors (Lipinski definition) is 0. The third-order valence-corrected chi connectivity index (χ3v) is 14.8. The quantitative estimate of drug-likeness (QED) is 0.247. The third-order valence-electron chi connectivity index (χ3n) is 11.5. The van der Waals surface area contributed by atoms with Gasteiger partial charge in [0, 0.05) is 10.8 Å². The molecule has 0 heterocycles. The molecule has 2 fully saturated rings. The third kappa shape index (κ3) is 8.70. The molecule has 0 bridgehead atoms. The predicted octanol–water partition coefficient (Wildman–Crippen LogP) is 13.0. The number of fused-ring (bicyclic) bond motifs is 2. The molecule has 6 atom stereocenters. The molecule has 0 spiro atoms. The minimum absolute atomic E-state index is 0. The molecule has 2 saturated carbocycles. The monoisotopic (exact) mass is 832 g/mol. The molecule has 0 aromatic rings. The Kier molecular flexibility index (Phi) is 18.4. The first-order valence-corrected chi connectivity index (χ1v) is 18.5. The van der Waals surface area contributed by atoms with Gasteiger partial charge in [-0.2, -0.15) is 0 Å². The molecule has 244 valence electrons. The van der Waals surface area contributed by atoms with Crippen LogP contribution in [-0.2, 0) is 49.4 Å². The summed E-state index contributed by atoms with van der Waals surface area (Å²) in [6, 6.07) is 0. The van der Waals surface area contributed by atoms with Gasteiger partial charge in [-0.05, 0) is 75.0 Å². The number of rotatable bonds is 1. The van der Waals surface area contributed by atoms with Crippen molar-refractivity contribution in [2.75, 3.05) is 0 Å². The van der Waals surface area contributed by atoms with Crippen molar-refractivity contribution in [2.45, 2.75) is 102 Å². The molecule has 0 amide bonds. The van der Waals surface area contributed by atoms with E-state index in [0.29, 0.717) is 0 Å². The van der Waals surface area contributed by atoms with Crippen LogP contribution in [0, 0.1) is 34.5 Å². The van der Waals surface area contributed by atoms with Crippen molar-refractivity contribution in [2.24, 2.45) is 34.5 Å². The molecule has 6 unspecified atom stereocenters. The molecular weight excluding hydrogens is 781 g/mol. The van der Waals surface area contributed by atoms with Crippen molar-refractivity contribution < 1.29 is 49.4 Å². The molecule has 6 heteroatoms. The summed E-state index contributed by atoms with van der Waals surface area (Å²) in [5, 5.41) is 0. The predicted molar refractivity (Wildman–Crippen MR) is 195 cm³/mol. The first-order valence-electron chi connectivity index (χ1n) is 15.6. The topological polar surface area (TPSA) is 0 Å². The molecule has 0 aromatic carbocycles. The average Bonchev–Trinajstić information content (AvgIpc) is 3.58. The molecule has 6 rings (SSSR count). The summed E-state index contributed by atoms with van der Waals surface area (Å²) in [4.78, 5) is 0. The van der Waals surface area contributed by atoms with Crippen molar-refractivity contribution in [1.29, 1.82) is 0 Å². The first-order chi connectivity index (χ1) is 18.7. The second-order valence-corrected chi connectivity index (χ2v) is 17.8. The first kappa shape index (κ1) is 44.8. The average molecular weight is 837 g/mol. The normalized spacial score (nSPS) is 31.5. The molecule has 6 aliphatic rings. The van der Waals surface area contributed by atoms with Crippen LogP contribution >= 0.6 is 49.6 Å². The summed E-state index contributed by atoms with van der Waals surface area (Å²) in [7, 11) is 0. The molecule has 0 radical (unpaired) electrons. The summed E-state index contributed by atoms with van der Waals surface area (Å²) in [6.07, 6.45) is 24.2. The van der Waals surface area contributed by atoms with Gasteiger partial charge >= 0.3 is 155 Å². The van der Waals surface area contributed by atoms with Crippen molar-refractivity contribution in [3.8, 4) is 0 Å². The second-order valence-electron chi connectivity index (χ2n) is 14.1. The van der Waals surface area contributed by atoms with Crippen LogP contribution < -0.4 is 0 Å². The fourth-order valence-electron chi connectivity index (χ4n) is 8.10. The molecule has 6 aliphatic carbocycles. The van der Waals surface area contributed by atoms with Crippen molar-refractivity contribution >= 4 is 49.6 Å². The van der Waals surface area contributed by atoms with Gasteiger partial charge in [-0.15, -0.1) is 49.6 Å². The fourth-order valence-corrected chi connectivity index (χ4v) is 10.7. The van der Waals surface area contributed by atoms with E-state index in [9.17, 15) is 0 Å². The van der Waals surface area contributed by atoms with Crippen LogP contribution in [0.4, 0.5) is 0 Å². The van der Waals surface area contributed by atoms with E-state index < -0.39 is 0 Å². The van der Waals surface area contributed by atoms with E-state index in [1.807, 2.05) is 0 Å². The maximum absolute atomic E-state index is 2.40. The summed E-state index contributed by atoms with van der Waals surface area (Å²) in [6.45, 7) is 23.3. The molecule has 0 saturated heterocycles. The van der Waals surface area contributed by atoms with Crippen LogP contribution in [0.25, 0.3) is 0 Å². The number of halogens is 4. The Morgan fingerprint density at radius 1 is 0.477 bits per heavy atom. The summed E-state index contributed by atoms with van der Waals surface area (Å²) in [5.74, 6) is 3.61. The van der Waals surface area contributed by atoms with Gasteiger partial charge < -0.3 is 0 Å². The van der Waals surface area contributed by atoms with Crippen LogP contribution in [0.15, 0.2) is 93.2 Å². The Morgan fingerprint density at radius 2 is 0.773 bits per heavy atom. The van der Waals surface area contributed by atoms with E-state index >= 15 is 0 Å². The minimum atomic E-state index is 0. The van der Waals surface area contributed by atoms with E-state index in [0.717, 1.165) is 30.9 Å². The van der Waals surface area contributed by atoms with E-state index in [4.69, 9.17) is 0 Å². The van der Waals surface area contributed by atoms with E-state index in [1.54, 1.807) is 60.6 Å². The Balaban J connectivity index is 0.000000654. The van der Waals surface area contributed by atoms with Gasteiger partial charge in [0.05, 0.1) is 0 Å². The van der Waals surface area contributed by atoms with E-state index in [-0.39, 0.29) is 60.5 Å².